The van der Waals surface area contributed by atoms with Crippen LogP contribution in [0.2, 0.25) is 0 Å². The van der Waals surface area contributed by atoms with Crippen molar-refractivity contribution in [2.75, 3.05) is 33.2 Å². The van der Waals surface area contributed by atoms with Crippen molar-refractivity contribution in [2.24, 2.45) is 11.8 Å². The van der Waals surface area contributed by atoms with Crippen LogP contribution in [0.1, 0.15) is 44.1 Å². The van der Waals surface area contributed by atoms with Crippen LogP contribution in [-0.2, 0) is 4.79 Å². The second-order valence-electron chi connectivity index (χ2n) is 9.39. The van der Waals surface area contributed by atoms with Gasteiger partial charge in [-0.25, -0.2) is 0 Å². The minimum absolute atomic E-state index is 0.0480. The predicted octanol–water partition coefficient (Wildman–Crippen LogP) is 4.82. The van der Waals surface area contributed by atoms with E-state index in [0.29, 0.717) is 30.2 Å². The van der Waals surface area contributed by atoms with Crippen molar-refractivity contribution in [1.82, 2.24) is 14.8 Å². The van der Waals surface area contributed by atoms with Gasteiger partial charge >= 0.3 is 6.36 Å². The van der Waals surface area contributed by atoms with Crippen LogP contribution >= 0.6 is 0 Å². The van der Waals surface area contributed by atoms with Crippen LogP contribution in [0.3, 0.4) is 0 Å². The van der Waals surface area contributed by atoms with Crippen LogP contribution < -0.4 is 4.74 Å². The van der Waals surface area contributed by atoms with Crippen LogP contribution in [0.5, 0.6) is 5.75 Å². The second-order valence-corrected chi connectivity index (χ2v) is 9.39. The Morgan fingerprint density at radius 2 is 1.94 bits per heavy atom. The maximum absolute atomic E-state index is 13.1. The lowest BCUT2D eigenvalue weighted by molar-refractivity contribution is -0.274. The molecule has 2 fully saturated rings. The first-order valence-corrected chi connectivity index (χ1v) is 11.3. The summed E-state index contributed by atoms with van der Waals surface area (Å²) in [6.45, 7) is 5.50. The summed E-state index contributed by atoms with van der Waals surface area (Å²) in [5, 5.41) is 0.649. The van der Waals surface area contributed by atoms with Crippen LogP contribution in [0, 0.1) is 11.8 Å². The fourth-order valence-electron chi connectivity index (χ4n) is 5.15. The Kier molecular flexibility index (Phi) is 6.60. The standard InChI is InChI=1S/C24H30F3N3O2/c1-16-12-18(15-30(14-16)22(31)13-17-7-10-29(2)11-8-17)19-5-6-21(32-24(25,26)27)23-20(19)4-3-9-28-23/h3-6,9,16-18H,7-8,10-15H2,1-2H3/t16-,18+/m1/s1. The Morgan fingerprint density at radius 1 is 1.19 bits per heavy atom. The fourth-order valence-corrected chi connectivity index (χ4v) is 5.15. The van der Waals surface area contributed by atoms with E-state index >= 15 is 0 Å². The Balaban J connectivity index is 1.54. The molecule has 0 radical (unpaired) electrons. The highest BCUT2D eigenvalue weighted by molar-refractivity contribution is 5.88. The van der Waals surface area contributed by atoms with Gasteiger partial charge in [0.2, 0.25) is 5.91 Å². The lowest BCUT2D eigenvalue weighted by Crippen LogP contribution is -2.43. The summed E-state index contributed by atoms with van der Waals surface area (Å²) >= 11 is 0. The molecule has 3 heterocycles. The number of benzene rings is 1. The highest BCUT2D eigenvalue weighted by Gasteiger charge is 2.34. The van der Waals surface area contributed by atoms with Gasteiger partial charge in [-0.1, -0.05) is 19.1 Å². The van der Waals surface area contributed by atoms with E-state index in [1.807, 2.05) is 4.90 Å². The lowest BCUT2D eigenvalue weighted by atomic mass is 9.83. The number of halogens is 3. The van der Waals surface area contributed by atoms with Crippen LogP contribution in [0.15, 0.2) is 30.5 Å². The summed E-state index contributed by atoms with van der Waals surface area (Å²) in [6.07, 6.45) is 0.242. The SMILES string of the molecule is C[C@@H]1C[C@H](c2ccc(OC(F)(F)F)c3ncccc23)CN(C(=O)CC2CCN(C)CC2)C1. The van der Waals surface area contributed by atoms with E-state index in [2.05, 4.69) is 28.6 Å². The molecule has 1 aromatic carbocycles. The molecule has 1 aromatic heterocycles. The van der Waals surface area contributed by atoms with Gasteiger partial charge in [-0.2, -0.15) is 0 Å². The molecule has 5 nitrogen and oxygen atoms in total. The number of piperidine rings is 2. The number of carbonyl (C=O) groups excluding carboxylic acids is 1. The number of rotatable bonds is 4. The van der Waals surface area contributed by atoms with Gasteiger partial charge in [0.05, 0.1) is 0 Å². The van der Waals surface area contributed by atoms with Crippen molar-refractivity contribution >= 4 is 16.8 Å². The maximum Gasteiger partial charge on any atom is 0.573 e. The molecule has 2 aromatic rings. The molecule has 32 heavy (non-hydrogen) atoms. The monoisotopic (exact) mass is 449 g/mol. The number of aromatic nitrogens is 1. The summed E-state index contributed by atoms with van der Waals surface area (Å²) < 4.78 is 42.7. The topological polar surface area (TPSA) is 45.7 Å². The molecule has 0 N–H and O–H groups in total. The van der Waals surface area contributed by atoms with Crippen molar-refractivity contribution < 1.29 is 22.7 Å². The van der Waals surface area contributed by atoms with E-state index in [-0.39, 0.29) is 23.1 Å². The smallest absolute Gasteiger partial charge is 0.403 e. The zero-order valence-electron chi connectivity index (χ0n) is 18.6. The number of carbonyl (C=O) groups is 1. The number of ether oxygens (including phenoxy) is 1. The highest BCUT2D eigenvalue weighted by Crippen LogP contribution is 2.38. The Bertz CT molecular complexity index is 957. The third-order valence-electron chi connectivity index (χ3n) is 6.75. The zero-order valence-corrected chi connectivity index (χ0v) is 18.6. The molecule has 0 bridgehead atoms. The summed E-state index contributed by atoms with van der Waals surface area (Å²) in [4.78, 5) is 21.5. The summed E-state index contributed by atoms with van der Waals surface area (Å²) in [5.74, 6) is 0.685. The van der Waals surface area contributed by atoms with Crippen LogP contribution in [0.25, 0.3) is 10.9 Å². The van der Waals surface area contributed by atoms with Gasteiger partial charge in [0.25, 0.3) is 0 Å². The average molecular weight is 450 g/mol. The van der Waals surface area contributed by atoms with Crippen molar-refractivity contribution in [3.05, 3.63) is 36.0 Å². The predicted molar refractivity (Wildman–Crippen MR) is 116 cm³/mol. The summed E-state index contributed by atoms with van der Waals surface area (Å²) in [5.41, 5.74) is 1.12. The van der Waals surface area contributed by atoms with Crippen molar-refractivity contribution in [3.63, 3.8) is 0 Å². The first-order chi connectivity index (χ1) is 15.2. The molecule has 0 aliphatic carbocycles. The van der Waals surface area contributed by atoms with Gasteiger partial charge in [0.15, 0.2) is 5.75 Å². The third-order valence-corrected chi connectivity index (χ3v) is 6.75. The number of amides is 1. The molecule has 2 aliphatic heterocycles. The maximum atomic E-state index is 13.1. The van der Waals surface area contributed by atoms with Gasteiger partial charge in [-0.15, -0.1) is 13.2 Å². The number of fused-ring (bicyclic) bond motifs is 1. The minimum atomic E-state index is -4.78. The van der Waals surface area contributed by atoms with Crippen molar-refractivity contribution in [3.8, 4) is 5.75 Å². The van der Waals surface area contributed by atoms with Crippen LogP contribution in [-0.4, -0.2) is 60.3 Å². The zero-order chi connectivity index (χ0) is 22.9. The molecule has 2 aliphatic rings. The molecule has 0 spiro atoms. The number of pyridine rings is 1. The lowest BCUT2D eigenvalue weighted by Gasteiger charge is -2.38. The molecule has 0 unspecified atom stereocenters. The van der Waals surface area contributed by atoms with Gasteiger partial charge < -0.3 is 14.5 Å². The number of hydrogen-bond acceptors (Lipinski definition) is 4. The molecular weight excluding hydrogens is 419 g/mol. The Labute approximate surface area is 186 Å². The van der Waals surface area contributed by atoms with Gasteiger partial charge in [-0.05, 0) is 68.9 Å². The van der Waals surface area contributed by atoms with Gasteiger partial charge in [0.1, 0.15) is 5.52 Å². The van der Waals surface area contributed by atoms with Crippen molar-refractivity contribution in [1.29, 1.82) is 0 Å². The molecule has 0 saturated carbocycles. The normalized spacial score (nSPS) is 23.5. The number of hydrogen-bond donors (Lipinski definition) is 0. The van der Waals surface area contributed by atoms with Crippen LogP contribution in [0.4, 0.5) is 13.2 Å². The Morgan fingerprint density at radius 3 is 2.66 bits per heavy atom. The molecule has 2 saturated heterocycles. The highest BCUT2D eigenvalue weighted by atomic mass is 19.4. The summed E-state index contributed by atoms with van der Waals surface area (Å²) in [7, 11) is 2.11. The molecular formula is C24H30F3N3O2. The molecule has 2 atom stereocenters. The van der Waals surface area contributed by atoms with E-state index in [0.717, 1.165) is 44.5 Å². The number of alkyl halides is 3. The van der Waals surface area contributed by atoms with E-state index in [1.54, 1.807) is 18.2 Å². The first kappa shape index (κ1) is 22.8. The average Bonchev–Trinajstić information content (AvgIpc) is 2.74. The minimum Gasteiger partial charge on any atom is -0.403 e. The largest absolute Gasteiger partial charge is 0.573 e. The first-order valence-electron chi connectivity index (χ1n) is 11.3. The number of likely N-dealkylation sites (tertiary alicyclic amines) is 2. The quantitative estimate of drug-likeness (QED) is 0.672. The molecule has 1 amide bonds. The molecule has 174 valence electrons. The second kappa shape index (κ2) is 9.25. The third kappa shape index (κ3) is 5.34. The molecule has 8 heteroatoms. The van der Waals surface area contributed by atoms with Gasteiger partial charge in [-0.3, -0.25) is 9.78 Å². The van der Waals surface area contributed by atoms with E-state index in [9.17, 15) is 18.0 Å². The summed E-state index contributed by atoms with van der Waals surface area (Å²) in [6, 6.07) is 6.55. The molecule has 4 rings (SSSR count). The van der Waals surface area contributed by atoms with E-state index in [4.69, 9.17) is 0 Å². The van der Waals surface area contributed by atoms with E-state index in [1.165, 1.54) is 12.3 Å². The number of nitrogens with zero attached hydrogens (tertiary/aromatic N) is 3. The Hall–Kier alpha value is -2.35. The van der Waals surface area contributed by atoms with E-state index < -0.39 is 6.36 Å². The van der Waals surface area contributed by atoms with Gasteiger partial charge in [0, 0.05) is 37.0 Å². The fraction of sp³-hybridized carbons (Fsp3) is 0.583. The van der Waals surface area contributed by atoms with Crippen molar-refractivity contribution in [2.45, 2.75) is 44.9 Å².